The number of halogens is 1. The molecule has 0 N–H and O–H groups in total. The van der Waals surface area contributed by atoms with E-state index in [9.17, 15) is 14.4 Å². The summed E-state index contributed by atoms with van der Waals surface area (Å²) in [6.45, 7) is 1.68. The monoisotopic (exact) mass is 550 g/mol. The summed E-state index contributed by atoms with van der Waals surface area (Å²) in [7, 11) is 1.24. The molecule has 4 rings (SSSR count). The maximum Gasteiger partial charge on any atom is 0.343 e. The molecule has 3 aromatic rings. The number of hydrogen-bond donors (Lipinski definition) is 0. The van der Waals surface area contributed by atoms with Crippen molar-refractivity contribution in [2.45, 2.75) is 6.92 Å². The Labute approximate surface area is 230 Å². The van der Waals surface area contributed by atoms with Crippen LogP contribution in [0.25, 0.3) is 6.08 Å². The number of ether oxygens (including phenoxy) is 3. The lowest BCUT2D eigenvalue weighted by molar-refractivity contribution is -0.143. The highest BCUT2D eigenvalue weighted by Gasteiger charge is 2.41. The van der Waals surface area contributed by atoms with Crippen LogP contribution in [0.15, 0.2) is 78.4 Å². The van der Waals surface area contributed by atoms with Gasteiger partial charge in [-0.1, -0.05) is 48.0 Å². The SMILES string of the molecule is CCOc1cc(C=C2C(=O)N(c3ccccc3)C(=S)N(c3ccccc3)C2=O)cc(Cl)c1OCC(=O)OC. The lowest BCUT2D eigenvalue weighted by atomic mass is 10.0. The molecule has 0 unspecified atom stereocenters. The van der Waals surface area contributed by atoms with Crippen molar-refractivity contribution in [3.8, 4) is 11.5 Å². The smallest absolute Gasteiger partial charge is 0.343 e. The summed E-state index contributed by atoms with van der Waals surface area (Å²) < 4.78 is 15.8. The van der Waals surface area contributed by atoms with E-state index in [0.29, 0.717) is 16.9 Å². The maximum atomic E-state index is 13.7. The molecule has 3 aromatic carbocycles. The Balaban J connectivity index is 1.81. The Morgan fingerprint density at radius 1 is 0.921 bits per heavy atom. The first-order valence-electron chi connectivity index (χ1n) is 11.6. The van der Waals surface area contributed by atoms with Gasteiger partial charge in [0.05, 0.1) is 30.1 Å². The molecule has 0 bridgehead atoms. The van der Waals surface area contributed by atoms with Crippen LogP contribution >= 0.6 is 23.8 Å². The van der Waals surface area contributed by atoms with Gasteiger partial charge in [0, 0.05) is 0 Å². The van der Waals surface area contributed by atoms with Gasteiger partial charge in [0.15, 0.2) is 23.2 Å². The van der Waals surface area contributed by atoms with E-state index in [1.165, 1.54) is 29.1 Å². The predicted octanol–water partition coefficient (Wildman–Crippen LogP) is 5.04. The van der Waals surface area contributed by atoms with Crippen molar-refractivity contribution in [2.24, 2.45) is 0 Å². The Bertz CT molecular complexity index is 1350. The van der Waals surface area contributed by atoms with Crippen LogP contribution in [0.2, 0.25) is 5.02 Å². The summed E-state index contributed by atoms with van der Waals surface area (Å²) in [4.78, 5) is 41.5. The third-order valence-electron chi connectivity index (χ3n) is 5.48. The zero-order valence-electron chi connectivity index (χ0n) is 20.5. The van der Waals surface area contributed by atoms with E-state index in [4.69, 9.17) is 33.3 Å². The topological polar surface area (TPSA) is 85.4 Å². The van der Waals surface area contributed by atoms with Crippen molar-refractivity contribution in [1.82, 2.24) is 0 Å². The average molecular weight is 551 g/mol. The molecule has 0 aromatic heterocycles. The molecule has 194 valence electrons. The van der Waals surface area contributed by atoms with Crippen LogP contribution in [0.1, 0.15) is 12.5 Å². The molecular formula is C28H23ClN2O6S. The Hall–Kier alpha value is -4.21. The van der Waals surface area contributed by atoms with Crippen molar-refractivity contribution in [3.05, 3.63) is 89.0 Å². The third kappa shape index (κ3) is 5.53. The molecule has 1 fully saturated rings. The molecule has 0 spiro atoms. The number of thiocarbonyl (C=S) groups is 1. The fraction of sp³-hybridized carbons (Fsp3) is 0.143. The lowest BCUT2D eigenvalue weighted by Gasteiger charge is -2.36. The first-order valence-corrected chi connectivity index (χ1v) is 12.3. The highest BCUT2D eigenvalue weighted by Crippen LogP contribution is 2.38. The van der Waals surface area contributed by atoms with Crippen LogP contribution in [-0.2, 0) is 19.1 Å². The van der Waals surface area contributed by atoms with E-state index >= 15 is 0 Å². The third-order valence-corrected chi connectivity index (χ3v) is 6.13. The number of benzene rings is 3. The van der Waals surface area contributed by atoms with Gasteiger partial charge >= 0.3 is 5.97 Å². The van der Waals surface area contributed by atoms with E-state index in [0.717, 1.165) is 0 Å². The quantitative estimate of drug-likeness (QED) is 0.168. The molecule has 2 amide bonds. The van der Waals surface area contributed by atoms with Crippen molar-refractivity contribution in [3.63, 3.8) is 0 Å². The van der Waals surface area contributed by atoms with Gasteiger partial charge in [0.1, 0.15) is 5.57 Å². The molecule has 1 heterocycles. The summed E-state index contributed by atoms with van der Waals surface area (Å²) in [5, 5.41) is 0.159. The minimum atomic E-state index is -0.592. The van der Waals surface area contributed by atoms with Gasteiger partial charge < -0.3 is 14.2 Å². The van der Waals surface area contributed by atoms with Gasteiger partial charge in [-0.25, -0.2) is 4.79 Å². The standard InChI is InChI=1S/C28H23ClN2O6S/c1-3-36-23-16-18(15-22(29)25(23)37-17-24(32)35-2)14-21-26(33)30(19-10-6-4-7-11-19)28(38)31(27(21)34)20-12-8-5-9-13-20/h4-16H,3,17H2,1-2H3. The molecule has 1 aliphatic rings. The van der Waals surface area contributed by atoms with Crippen LogP contribution in [0.4, 0.5) is 11.4 Å². The van der Waals surface area contributed by atoms with Gasteiger partial charge in [0.25, 0.3) is 11.8 Å². The van der Waals surface area contributed by atoms with Gasteiger partial charge in [0.2, 0.25) is 0 Å². The number of amides is 2. The first kappa shape index (κ1) is 26.8. The van der Waals surface area contributed by atoms with E-state index in [1.54, 1.807) is 61.5 Å². The summed E-state index contributed by atoms with van der Waals surface area (Å²) in [6, 6.07) is 20.8. The summed E-state index contributed by atoms with van der Waals surface area (Å²) in [5.41, 5.74) is 1.31. The number of carbonyl (C=O) groups excluding carboxylic acids is 3. The summed E-state index contributed by atoms with van der Waals surface area (Å²) in [6.07, 6.45) is 1.43. The number of esters is 1. The number of para-hydroxylation sites is 2. The van der Waals surface area contributed by atoms with Crippen LogP contribution in [0.5, 0.6) is 11.5 Å². The lowest BCUT2D eigenvalue weighted by Crippen LogP contribution is -2.56. The maximum absolute atomic E-state index is 13.7. The highest BCUT2D eigenvalue weighted by atomic mass is 35.5. The van der Waals surface area contributed by atoms with Gasteiger partial charge in [-0.15, -0.1) is 0 Å². The average Bonchev–Trinajstić information content (AvgIpc) is 2.92. The second-order valence-corrected chi connectivity index (χ2v) is 8.69. The molecule has 8 nitrogen and oxygen atoms in total. The zero-order chi connectivity index (χ0) is 27.2. The second kappa shape index (κ2) is 11.9. The van der Waals surface area contributed by atoms with E-state index in [2.05, 4.69) is 4.74 Å². The van der Waals surface area contributed by atoms with E-state index in [-0.39, 0.29) is 40.4 Å². The fourth-order valence-corrected chi connectivity index (χ4v) is 4.42. The number of anilines is 2. The van der Waals surface area contributed by atoms with Crippen molar-refractivity contribution in [1.29, 1.82) is 0 Å². The molecule has 0 aliphatic carbocycles. The van der Waals surface area contributed by atoms with Crippen molar-refractivity contribution >= 4 is 64.2 Å². The summed E-state index contributed by atoms with van der Waals surface area (Å²) >= 11 is 12.1. The Morgan fingerprint density at radius 2 is 1.47 bits per heavy atom. The molecule has 10 heteroatoms. The van der Waals surface area contributed by atoms with Gasteiger partial charge in [-0.05, 0) is 67.2 Å². The van der Waals surface area contributed by atoms with Crippen molar-refractivity contribution in [2.75, 3.05) is 30.1 Å². The Morgan fingerprint density at radius 3 is 1.97 bits per heavy atom. The molecule has 0 radical (unpaired) electrons. The Kier molecular flexibility index (Phi) is 8.40. The predicted molar refractivity (Wildman–Crippen MR) is 149 cm³/mol. The zero-order valence-corrected chi connectivity index (χ0v) is 22.1. The van der Waals surface area contributed by atoms with Gasteiger partial charge in [-0.2, -0.15) is 0 Å². The highest BCUT2D eigenvalue weighted by molar-refractivity contribution is 7.81. The fourth-order valence-electron chi connectivity index (χ4n) is 3.77. The normalized spacial score (nSPS) is 13.4. The van der Waals surface area contributed by atoms with E-state index in [1.807, 2.05) is 12.1 Å². The number of rotatable bonds is 8. The molecular weight excluding hydrogens is 528 g/mol. The minimum absolute atomic E-state index is 0.0362. The number of carbonyl (C=O) groups is 3. The summed E-state index contributed by atoms with van der Waals surface area (Å²) in [5.74, 6) is -1.38. The molecule has 1 aliphatic heterocycles. The number of hydrogen-bond acceptors (Lipinski definition) is 7. The van der Waals surface area contributed by atoms with Crippen LogP contribution in [0.3, 0.4) is 0 Å². The molecule has 0 saturated carbocycles. The van der Waals surface area contributed by atoms with Crippen molar-refractivity contribution < 1.29 is 28.6 Å². The van der Waals surface area contributed by atoms with E-state index < -0.39 is 17.8 Å². The molecule has 1 saturated heterocycles. The molecule has 0 atom stereocenters. The number of nitrogens with zero attached hydrogens (tertiary/aromatic N) is 2. The van der Waals surface area contributed by atoms with Crippen LogP contribution in [-0.4, -0.2) is 43.2 Å². The van der Waals surface area contributed by atoms with Crippen LogP contribution in [0, 0.1) is 0 Å². The minimum Gasteiger partial charge on any atom is -0.490 e. The second-order valence-electron chi connectivity index (χ2n) is 7.92. The number of methoxy groups -OCH3 is 1. The largest absolute Gasteiger partial charge is 0.490 e. The molecule has 38 heavy (non-hydrogen) atoms. The van der Waals surface area contributed by atoms with Gasteiger partial charge in [-0.3, -0.25) is 19.4 Å². The first-order chi connectivity index (χ1) is 18.3. The van der Waals surface area contributed by atoms with Crippen LogP contribution < -0.4 is 19.3 Å².